The molecule has 2 heterocycles. The maximum atomic E-state index is 12.6. The Labute approximate surface area is 357 Å². The molecule has 0 aromatic heterocycles. The van der Waals surface area contributed by atoms with Gasteiger partial charge < -0.3 is 41.0 Å². The van der Waals surface area contributed by atoms with Gasteiger partial charge >= 0.3 is 0 Å². The van der Waals surface area contributed by atoms with Crippen LogP contribution in [0.4, 0.5) is 11.4 Å². The number of para-hydroxylation sites is 2. The van der Waals surface area contributed by atoms with Crippen molar-refractivity contribution < 1.29 is 29.3 Å². The number of carbonyl (C=O) groups is 2. The van der Waals surface area contributed by atoms with Gasteiger partial charge in [-0.1, -0.05) is 109 Å². The predicted molar refractivity (Wildman–Crippen MR) is 236 cm³/mol. The number of benzene rings is 5. The minimum absolute atomic E-state index is 0.0144. The number of nitrogen functional groups attached to an aromatic ring is 1. The van der Waals surface area contributed by atoms with Crippen LogP contribution in [0.15, 0.2) is 121 Å². The molecule has 2 amide bonds. The summed E-state index contributed by atoms with van der Waals surface area (Å²) in [7, 11) is 0. The standard InChI is InChI=1S/C49H55ClN4O6/c50-41-23-21-40(22-24-41)49(58)25-27-54(28-26-49)32-42-30-45(37-15-13-34(33-55)14-16-37)60-48(59-42)38-19-17-36(18-20-38)39-8-6-7-35(29-39)31-52-46(56)11-2-1-3-12-47(57)53-44-10-5-4-9-43(44)51/h4-10,13-24,29,42,45,48,55,58H,1-3,11-12,25-28,30-33,51H2,(H,52,56)(H,53,57)/t42-,45+,48+/m1/s1. The number of nitrogens with one attached hydrogen (secondary N) is 2. The first-order valence-electron chi connectivity index (χ1n) is 21.0. The molecule has 6 N–H and O–H groups in total. The first kappa shape index (κ1) is 43.0. The van der Waals surface area contributed by atoms with E-state index in [4.69, 9.17) is 26.8 Å². The molecule has 0 saturated carbocycles. The van der Waals surface area contributed by atoms with Crippen molar-refractivity contribution in [2.75, 3.05) is 30.7 Å². The van der Waals surface area contributed by atoms with Crippen LogP contribution in [0.1, 0.15) is 91.6 Å². The first-order valence-corrected chi connectivity index (χ1v) is 21.3. The van der Waals surface area contributed by atoms with E-state index in [0.717, 1.165) is 58.5 Å². The fourth-order valence-corrected chi connectivity index (χ4v) is 8.16. The quantitative estimate of drug-likeness (QED) is 0.0490. The molecular formula is C49H55ClN4O6. The van der Waals surface area contributed by atoms with E-state index in [-0.39, 0.29) is 30.6 Å². The Hall–Kier alpha value is -5.07. The van der Waals surface area contributed by atoms with Gasteiger partial charge in [0.2, 0.25) is 11.8 Å². The maximum absolute atomic E-state index is 12.6. The number of aliphatic hydroxyl groups is 2. The van der Waals surface area contributed by atoms with E-state index in [1.165, 1.54) is 0 Å². The molecule has 0 aliphatic carbocycles. The first-order chi connectivity index (χ1) is 29.1. The summed E-state index contributed by atoms with van der Waals surface area (Å²) in [5, 5.41) is 27.6. The number of unbranched alkanes of at least 4 members (excludes halogenated alkanes) is 2. The molecule has 0 unspecified atom stereocenters. The summed E-state index contributed by atoms with van der Waals surface area (Å²) >= 11 is 6.11. The molecule has 2 aliphatic rings. The number of carbonyl (C=O) groups excluding carboxylic acids is 2. The molecule has 7 rings (SSSR count). The van der Waals surface area contributed by atoms with Crippen LogP contribution < -0.4 is 16.4 Å². The number of likely N-dealkylation sites (tertiary alicyclic amines) is 1. The molecule has 11 heteroatoms. The van der Waals surface area contributed by atoms with Gasteiger partial charge in [0, 0.05) is 56.0 Å². The molecule has 5 aromatic rings. The second-order valence-corrected chi connectivity index (χ2v) is 16.4. The predicted octanol–water partition coefficient (Wildman–Crippen LogP) is 8.82. The highest BCUT2D eigenvalue weighted by Gasteiger charge is 2.37. The molecule has 2 aliphatic heterocycles. The Kier molecular flexibility index (Phi) is 14.7. The molecule has 2 fully saturated rings. The van der Waals surface area contributed by atoms with E-state index in [0.29, 0.717) is 74.4 Å². The third-order valence-electron chi connectivity index (χ3n) is 11.6. The number of nitrogens with zero attached hydrogens (tertiary/aromatic N) is 1. The number of rotatable bonds is 16. The Morgan fingerprint density at radius 3 is 2.18 bits per heavy atom. The van der Waals surface area contributed by atoms with Crippen LogP contribution in [-0.4, -0.2) is 52.7 Å². The van der Waals surface area contributed by atoms with E-state index >= 15 is 0 Å². The fraction of sp³-hybridized carbons (Fsp3) is 0.347. The Morgan fingerprint density at radius 2 is 1.47 bits per heavy atom. The van der Waals surface area contributed by atoms with Crippen LogP contribution in [0.25, 0.3) is 11.1 Å². The summed E-state index contributed by atoms with van der Waals surface area (Å²) in [4.78, 5) is 27.3. The van der Waals surface area contributed by atoms with Crippen LogP contribution in [0, 0.1) is 0 Å². The van der Waals surface area contributed by atoms with Gasteiger partial charge in [-0.2, -0.15) is 0 Å². The lowest BCUT2D eigenvalue weighted by Crippen LogP contribution is -2.46. The number of ether oxygens (including phenoxy) is 2. The van der Waals surface area contributed by atoms with Crippen molar-refractivity contribution in [2.45, 2.75) is 88.6 Å². The Balaban J connectivity index is 0.917. The summed E-state index contributed by atoms with van der Waals surface area (Å²) in [5.74, 6) is -0.0955. The number of anilines is 2. The summed E-state index contributed by atoms with van der Waals surface area (Å²) < 4.78 is 13.3. The lowest BCUT2D eigenvalue weighted by molar-refractivity contribution is -0.253. The smallest absolute Gasteiger partial charge is 0.224 e. The number of amides is 2. The zero-order valence-electron chi connectivity index (χ0n) is 33.9. The number of aliphatic hydroxyl groups excluding tert-OH is 1. The fourth-order valence-electron chi connectivity index (χ4n) is 8.03. The van der Waals surface area contributed by atoms with Gasteiger partial charge in [-0.3, -0.25) is 9.59 Å². The topological polar surface area (TPSA) is 146 Å². The number of piperidine rings is 1. The third-order valence-corrected chi connectivity index (χ3v) is 11.9. The van der Waals surface area contributed by atoms with Crippen LogP contribution in [0.3, 0.4) is 0 Å². The molecule has 3 atom stereocenters. The minimum atomic E-state index is -0.880. The largest absolute Gasteiger partial charge is 0.397 e. The third kappa shape index (κ3) is 11.6. The van der Waals surface area contributed by atoms with E-state index in [2.05, 4.69) is 51.9 Å². The van der Waals surface area contributed by atoms with Gasteiger partial charge in [-0.25, -0.2) is 0 Å². The van der Waals surface area contributed by atoms with Crippen LogP contribution in [0.2, 0.25) is 5.02 Å². The molecular weight excluding hydrogens is 776 g/mol. The monoisotopic (exact) mass is 830 g/mol. The minimum Gasteiger partial charge on any atom is -0.397 e. The van der Waals surface area contributed by atoms with E-state index in [1.54, 1.807) is 12.1 Å². The second-order valence-electron chi connectivity index (χ2n) is 16.0. The number of nitrogens with two attached hydrogens (primary N) is 1. The lowest BCUT2D eigenvalue weighted by Gasteiger charge is -2.42. The molecule has 314 valence electrons. The van der Waals surface area contributed by atoms with Crippen molar-refractivity contribution in [3.05, 3.63) is 154 Å². The molecule has 60 heavy (non-hydrogen) atoms. The number of hydrogen-bond acceptors (Lipinski definition) is 8. The van der Waals surface area contributed by atoms with Crippen molar-refractivity contribution in [1.29, 1.82) is 0 Å². The molecule has 0 radical (unpaired) electrons. The average molecular weight is 831 g/mol. The van der Waals surface area contributed by atoms with Gasteiger partial charge in [0.25, 0.3) is 0 Å². The maximum Gasteiger partial charge on any atom is 0.224 e. The lowest BCUT2D eigenvalue weighted by atomic mass is 9.84. The van der Waals surface area contributed by atoms with Crippen molar-refractivity contribution in [3.63, 3.8) is 0 Å². The van der Waals surface area contributed by atoms with Gasteiger partial charge in [0.15, 0.2) is 6.29 Å². The van der Waals surface area contributed by atoms with Crippen molar-refractivity contribution in [3.8, 4) is 11.1 Å². The highest BCUT2D eigenvalue weighted by atomic mass is 35.5. The zero-order chi connectivity index (χ0) is 41.9. The number of hydrogen-bond donors (Lipinski definition) is 5. The summed E-state index contributed by atoms with van der Waals surface area (Å²) in [6.07, 6.45) is 4.01. The Morgan fingerprint density at radius 1 is 0.767 bits per heavy atom. The molecule has 10 nitrogen and oxygen atoms in total. The highest BCUT2D eigenvalue weighted by molar-refractivity contribution is 6.30. The van der Waals surface area contributed by atoms with E-state index in [1.807, 2.05) is 72.8 Å². The second kappa shape index (κ2) is 20.5. The van der Waals surface area contributed by atoms with Gasteiger partial charge in [-0.05, 0) is 89.4 Å². The highest BCUT2D eigenvalue weighted by Crippen LogP contribution is 2.40. The van der Waals surface area contributed by atoms with Gasteiger partial charge in [0.05, 0.1) is 35.8 Å². The molecule has 0 spiro atoms. The van der Waals surface area contributed by atoms with Crippen LogP contribution in [-0.2, 0) is 37.8 Å². The van der Waals surface area contributed by atoms with Gasteiger partial charge in [-0.15, -0.1) is 0 Å². The summed E-state index contributed by atoms with van der Waals surface area (Å²) in [6, 6.07) is 39.0. The zero-order valence-corrected chi connectivity index (χ0v) is 34.7. The van der Waals surface area contributed by atoms with Crippen molar-refractivity contribution in [1.82, 2.24) is 10.2 Å². The van der Waals surface area contributed by atoms with Crippen LogP contribution >= 0.6 is 11.6 Å². The number of halogens is 1. The molecule has 5 aromatic carbocycles. The average Bonchev–Trinajstić information content (AvgIpc) is 3.27. The van der Waals surface area contributed by atoms with E-state index in [9.17, 15) is 19.8 Å². The Bertz CT molecular complexity index is 2170. The summed E-state index contributed by atoms with van der Waals surface area (Å²) in [6.45, 7) is 2.61. The SMILES string of the molecule is Nc1ccccc1NC(=O)CCCCCC(=O)NCc1cccc(-c2ccc([C@H]3O[C@@H](CN4CCC(O)(c5ccc(Cl)cc5)CC4)C[C@@H](c4ccc(CO)cc4)O3)cc2)c1. The molecule has 2 saturated heterocycles. The van der Waals surface area contributed by atoms with Crippen LogP contribution in [0.5, 0.6) is 0 Å². The van der Waals surface area contributed by atoms with Crippen molar-refractivity contribution >= 4 is 34.8 Å². The van der Waals surface area contributed by atoms with Crippen molar-refractivity contribution in [2.24, 2.45) is 0 Å². The normalized spacial score (nSPS) is 19.1. The van der Waals surface area contributed by atoms with E-state index < -0.39 is 11.9 Å². The van der Waals surface area contributed by atoms with Gasteiger partial charge in [0.1, 0.15) is 0 Å². The molecule has 0 bridgehead atoms. The summed E-state index contributed by atoms with van der Waals surface area (Å²) in [5.41, 5.74) is 13.0.